The average Bonchev–Trinajstić information content (AvgIpc) is 2.27. The van der Waals surface area contributed by atoms with Gasteiger partial charge in [-0.2, -0.15) is 0 Å². The molecule has 0 saturated heterocycles. The van der Waals surface area contributed by atoms with Gasteiger partial charge >= 0.3 is 5.97 Å². The Hall–Kier alpha value is -1.23. The molecule has 2 rings (SSSR count). The van der Waals surface area contributed by atoms with E-state index in [2.05, 4.69) is 9.97 Å². The van der Waals surface area contributed by atoms with Crippen molar-refractivity contribution in [2.45, 2.75) is 19.3 Å². The van der Waals surface area contributed by atoms with Gasteiger partial charge in [-0.15, -0.1) is 0 Å². The van der Waals surface area contributed by atoms with E-state index in [1.54, 1.807) is 6.20 Å². The Morgan fingerprint density at radius 3 is 3.27 bits per heavy atom. The zero-order valence-electron chi connectivity index (χ0n) is 8.45. The number of rotatable bonds is 1. The highest BCUT2D eigenvalue weighted by molar-refractivity contribution is 7.71. The third kappa shape index (κ3) is 2.07. The van der Waals surface area contributed by atoms with Crippen molar-refractivity contribution in [1.82, 2.24) is 9.97 Å². The highest BCUT2D eigenvalue weighted by Gasteiger charge is 2.25. The van der Waals surface area contributed by atoms with Crippen LogP contribution in [0.4, 0.5) is 0 Å². The maximum Gasteiger partial charge on any atom is 0.309 e. The monoisotopic (exact) mass is 224 g/mol. The number of H-pyrrole nitrogens is 1. The summed E-state index contributed by atoms with van der Waals surface area (Å²) in [6.45, 7) is 0. The van der Waals surface area contributed by atoms with E-state index in [-0.39, 0.29) is 11.9 Å². The van der Waals surface area contributed by atoms with E-state index in [1.807, 2.05) is 0 Å². The molecular formula is C10H12N2O2S. The second kappa shape index (κ2) is 4.10. The number of ether oxygens (including phenoxy) is 1. The molecule has 1 aromatic rings. The molecule has 0 fully saturated rings. The summed E-state index contributed by atoms with van der Waals surface area (Å²) in [6, 6.07) is 0. The van der Waals surface area contributed by atoms with Gasteiger partial charge in [0.2, 0.25) is 0 Å². The summed E-state index contributed by atoms with van der Waals surface area (Å²) < 4.78 is 5.24. The zero-order valence-corrected chi connectivity index (χ0v) is 9.26. The third-order valence-electron chi connectivity index (χ3n) is 2.73. The zero-order chi connectivity index (χ0) is 10.8. The van der Waals surface area contributed by atoms with E-state index >= 15 is 0 Å². The molecule has 0 spiro atoms. The number of methoxy groups -OCH3 is 1. The molecule has 1 aliphatic carbocycles. The molecule has 1 aliphatic rings. The number of aromatic nitrogens is 2. The number of esters is 1. The lowest BCUT2D eigenvalue weighted by atomic mass is 9.87. The molecule has 1 heterocycles. The number of hydrogen-bond donors (Lipinski definition) is 1. The van der Waals surface area contributed by atoms with Crippen LogP contribution in [0.1, 0.15) is 17.7 Å². The van der Waals surface area contributed by atoms with Crippen molar-refractivity contribution >= 4 is 18.2 Å². The van der Waals surface area contributed by atoms with E-state index in [4.69, 9.17) is 17.0 Å². The topological polar surface area (TPSA) is 55.0 Å². The Morgan fingerprint density at radius 1 is 1.73 bits per heavy atom. The molecule has 0 amide bonds. The molecule has 4 nitrogen and oxygen atoms in total. The van der Waals surface area contributed by atoms with Crippen LogP contribution in [0.2, 0.25) is 0 Å². The summed E-state index contributed by atoms with van der Waals surface area (Å²) in [5.41, 5.74) is 2.18. The lowest BCUT2D eigenvalue weighted by Crippen LogP contribution is -2.24. The van der Waals surface area contributed by atoms with Gasteiger partial charge in [-0.05, 0) is 37.0 Å². The standard InChI is InChI=1S/C10H12N2O2S/c1-14-9(13)6-2-3-8-7(4-6)5-11-10(15)12-8/h5-6H,2-4H2,1H3,(H,11,12,15)/t6-/m1/s1. The van der Waals surface area contributed by atoms with Crippen molar-refractivity contribution in [2.24, 2.45) is 5.92 Å². The SMILES string of the molecule is COC(=O)[C@@H]1CCc2[nH]c(=S)ncc2C1. The first kappa shape index (κ1) is 10.3. The van der Waals surface area contributed by atoms with Crippen molar-refractivity contribution < 1.29 is 9.53 Å². The van der Waals surface area contributed by atoms with Crippen LogP contribution < -0.4 is 0 Å². The van der Waals surface area contributed by atoms with Crippen molar-refractivity contribution in [3.8, 4) is 0 Å². The van der Waals surface area contributed by atoms with Crippen LogP contribution in [-0.4, -0.2) is 23.0 Å². The molecule has 1 N–H and O–H groups in total. The van der Waals surface area contributed by atoms with Gasteiger partial charge in [0, 0.05) is 11.9 Å². The van der Waals surface area contributed by atoms with Crippen LogP contribution >= 0.6 is 12.2 Å². The quantitative estimate of drug-likeness (QED) is 0.579. The minimum Gasteiger partial charge on any atom is -0.469 e. The summed E-state index contributed by atoms with van der Waals surface area (Å²) in [6.07, 6.45) is 4.10. The summed E-state index contributed by atoms with van der Waals surface area (Å²) >= 11 is 4.94. The maximum atomic E-state index is 11.4. The molecule has 0 aromatic carbocycles. The number of carbonyl (C=O) groups excluding carboxylic acids is 1. The van der Waals surface area contributed by atoms with Crippen LogP contribution in [0.25, 0.3) is 0 Å². The van der Waals surface area contributed by atoms with Gasteiger partial charge in [0.05, 0.1) is 13.0 Å². The first-order chi connectivity index (χ1) is 7.20. The molecular weight excluding hydrogens is 212 g/mol. The lowest BCUT2D eigenvalue weighted by molar-refractivity contribution is -0.145. The fourth-order valence-corrected chi connectivity index (χ4v) is 2.08. The summed E-state index contributed by atoms with van der Waals surface area (Å²) in [5.74, 6) is -0.170. The van der Waals surface area contributed by atoms with Crippen LogP contribution in [0.3, 0.4) is 0 Å². The Morgan fingerprint density at radius 2 is 2.53 bits per heavy atom. The summed E-state index contributed by atoms with van der Waals surface area (Å²) in [7, 11) is 1.43. The Balaban J connectivity index is 2.24. The molecule has 1 atom stereocenters. The number of carbonyl (C=O) groups is 1. The normalized spacial score (nSPS) is 19.4. The van der Waals surface area contributed by atoms with Crippen LogP contribution in [-0.2, 0) is 22.4 Å². The average molecular weight is 224 g/mol. The summed E-state index contributed by atoms with van der Waals surface area (Å²) in [5, 5.41) is 0. The van der Waals surface area contributed by atoms with Crippen molar-refractivity contribution in [2.75, 3.05) is 7.11 Å². The predicted molar refractivity (Wildman–Crippen MR) is 57.0 cm³/mol. The molecule has 0 bridgehead atoms. The Labute approximate surface area is 92.7 Å². The summed E-state index contributed by atoms with van der Waals surface area (Å²) in [4.78, 5) is 18.4. The van der Waals surface area contributed by atoms with Gasteiger partial charge in [-0.3, -0.25) is 4.79 Å². The molecule has 5 heteroatoms. The Bertz CT molecular complexity index is 441. The van der Waals surface area contributed by atoms with Crippen LogP contribution in [0, 0.1) is 10.7 Å². The van der Waals surface area contributed by atoms with Gasteiger partial charge in [-0.1, -0.05) is 0 Å². The molecule has 80 valence electrons. The van der Waals surface area contributed by atoms with Gasteiger partial charge < -0.3 is 9.72 Å². The van der Waals surface area contributed by atoms with Crippen LogP contribution in [0.5, 0.6) is 0 Å². The second-order valence-electron chi connectivity index (χ2n) is 3.66. The lowest BCUT2D eigenvalue weighted by Gasteiger charge is -2.21. The number of aryl methyl sites for hydroxylation is 1. The number of fused-ring (bicyclic) bond motifs is 1. The van der Waals surface area contributed by atoms with Crippen molar-refractivity contribution in [3.63, 3.8) is 0 Å². The second-order valence-corrected chi connectivity index (χ2v) is 4.04. The minimum atomic E-state index is -0.136. The largest absolute Gasteiger partial charge is 0.469 e. The molecule has 0 radical (unpaired) electrons. The first-order valence-electron chi connectivity index (χ1n) is 4.85. The molecule has 0 saturated carbocycles. The van der Waals surface area contributed by atoms with E-state index in [0.717, 1.165) is 24.1 Å². The Kier molecular flexibility index (Phi) is 2.81. The predicted octanol–water partition coefficient (Wildman–Crippen LogP) is 1.42. The van der Waals surface area contributed by atoms with E-state index in [0.29, 0.717) is 11.2 Å². The van der Waals surface area contributed by atoms with Crippen molar-refractivity contribution in [1.29, 1.82) is 0 Å². The number of nitrogens with zero attached hydrogens (tertiary/aromatic N) is 1. The number of hydrogen-bond acceptors (Lipinski definition) is 4. The molecule has 0 unspecified atom stereocenters. The van der Waals surface area contributed by atoms with E-state index in [9.17, 15) is 4.79 Å². The molecule has 1 aromatic heterocycles. The fourth-order valence-electron chi connectivity index (χ4n) is 1.91. The van der Waals surface area contributed by atoms with E-state index < -0.39 is 0 Å². The maximum absolute atomic E-state index is 11.4. The first-order valence-corrected chi connectivity index (χ1v) is 5.26. The van der Waals surface area contributed by atoms with E-state index in [1.165, 1.54) is 7.11 Å². The highest BCUT2D eigenvalue weighted by atomic mass is 32.1. The van der Waals surface area contributed by atoms with Gasteiger partial charge in [0.1, 0.15) is 0 Å². The fraction of sp³-hybridized carbons (Fsp3) is 0.500. The number of nitrogens with one attached hydrogen (secondary N) is 1. The minimum absolute atomic E-state index is 0.0336. The van der Waals surface area contributed by atoms with Gasteiger partial charge in [0.15, 0.2) is 4.77 Å². The molecule has 0 aliphatic heterocycles. The van der Waals surface area contributed by atoms with Gasteiger partial charge in [0.25, 0.3) is 0 Å². The number of aromatic amines is 1. The third-order valence-corrected chi connectivity index (χ3v) is 2.93. The molecule has 15 heavy (non-hydrogen) atoms. The van der Waals surface area contributed by atoms with Gasteiger partial charge in [-0.25, -0.2) is 4.98 Å². The van der Waals surface area contributed by atoms with Crippen LogP contribution in [0.15, 0.2) is 6.20 Å². The highest BCUT2D eigenvalue weighted by Crippen LogP contribution is 2.24. The van der Waals surface area contributed by atoms with Crippen molar-refractivity contribution in [3.05, 3.63) is 22.2 Å². The smallest absolute Gasteiger partial charge is 0.309 e.